The van der Waals surface area contributed by atoms with E-state index in [-0.39, 0.29) is 18.0 Å². The fraction of sp³-hybridized carbons (Fsp3) is 0.304. The lowest BCUT2D eigenvalue weighted by Gasteiger charge is -2.27. The molecule has 7 nitrogen and oxygen atoms in total. The van der Waals surface area contributed by atoms with Crippen molar-refractivity contribution < 1.29 is 14.3 Å². The zero-order chi connectivity index (χ0) is 21.7. The molecule has 1 aliphatic rings. The van der Waals surface area contributed by atoms with E-state index in [1.807, 2.05) is 35.3 Å². The summed E-state index contributed by atoms with van der Waals surface area (Å²) in [5.74, 6) is 0.809. The second-order valence-electron chi connectivity index (χ2n) is 7.27. The fourth-order valence-electron chi connectivity index (χ4n) is 3.43. The summed E-state index contributed by atoms with van der Waals surface area (Å²) in [7, 11) is 1.54. The monoisotopic (exact) mass is 408 g/mol. The zero-order valence-electron chi connectivity index (χ0n) is 17.5. The minimum atomic E-state index is -0.284. The molecule has 0 saturated heterocycles. The van der Waals surface area contributed by atoms with Gasteiger partial charge in [-0.15, -0.1) is 0 Å². The van der Waals surface area contributed by atoms with Gasteiger partial charge in [-0.05, 0) is 36.6 Å². The Morgan fingerprint density at radius 3 is 2.60 bits per heavy atom. The summed E-state index contributed by atoms with van der Waals surface area (Å²) in [6, 6.07) is 14.7. The minimum absolute atomic E-state index is 0.175. The topological polar surface area (TPSA) is 96.7 Å². The van der Waals surface area contributed by atoms with Crippen molar-refractivity contribution in [3.05, 3.63) is 76.6 Å². The molecule has 0 aliphatic carbocycles. The smallest absolute Gasteiger partial charge is 0.255 e. The predicted octanol–water partition coefficient (Wildman–Crippen LogP) is 2.65. The van der Waals surface area contributed by atoms with Gasteiger partial charge in [-0.1, -0.05) is 43.3 Å². The van der Waals surface area contributed by atoms with E-state index in [1.165, 1.54) is 0 Å². The Morgan fingerprint density at radius 1 is 1.27 bits per heavy atom. The number of hydrogen-bond donors (Lipinski definition) is 3. The number of para-hydroxylation sites is 1. The molecule has 1 aliphatic heterocycles. The molecule has 1 amide bonds. The van der Waals surface area contributed by atoms with Crippen LogP contribution < -0.4 is 21.2 Å². The van der Waals surface area contributed by atoms with E-state index in [0.29, 0.717) is 29.3 Å². The number of benzene rings is 2. The van der Waals surface area contributed by atoms with Crippen molar-refractivity contribution in [2.45, 2.75) is 38.9 Å². The van der Waals surface area contributed by atoms with Gasteiger partial charge in [0.1, 0.15) is 11.6 Å². The van der Waals surface area contributed by atoms with Crippen molar-refractivity contribution in [3.63, 3.8) is 0 Å². The van der Waals surface area contributed by atoms with Gasteiger partial charge in [0.15, 0.2) is 6.29 Å². The van der Waals surface area contributed by atoms with E-state index in [2.05, 4.69) is 24.6 Å². The summed E-state index contributed by atoms with van der Waals surface area (Å²) in [5, 5.41) is 4.76. The van der Waals surface area contributed by atoms with Crippen molar-refractivity contribution in [2.75, 3.05) is 7.11 Å². The molecule has 2 aromatic rings. The number of nitrogens with one attached hydrogen (secondary N) is 2. The maximum Gasteiger partial charge on any atom is 0.255 e. The number of carbonyl (C=O) groups is 2. The number of amides is 1. The summed E-state index contributed by atoms with van der Waals surface area (Å²) >= 11 is 0. The molecule has 158 valence electrons. The van der Waals surface area contributed by atoms with Gasteiger partial charge in [0, 0.05) is 12.6 Å². The second-order valence-corrected chi connectivity index (χ2v) is 7.27. The maximum atomic E-state index is 12.5. The van der Waals surface area contributed by atoms with Gasteiger partial charge in [-0.3, -0.25) is 14.6 Å². The van der Waals surface area contributed by atoms with E-state index in [1.54, 1.807) is 25.3 Å². The highest BCUT2D eigenvalue weighted by molar-refractivity contribution is 5.96. The first kappa shape index (κ1) is 21.4. The van der Waals surface area contributed by atoms with Crippen LogP contribution in [0.15, 0.2) is 59.9 Å². The van der Waals surface area contributed by atoms with Gasteiger partial charge < -0.3 is 15.8 Å². The summed E-state index contributed by atoms with van der Waals surface area (Å²) in [4.78, 5) is 24.1. The molecular weight excluding hydrogens is 380 g/mol. The molecule has 2 unspecified atom stereocenters. The quantitative estimate of drug-likeness (QED) is 0.581. The van der Waals surface area contributed by atoms with Crippen molar-refractivity contribution in [3.8, 4) is 5.75 Å². The molecule has 3 rings (SSSR count). The second kappa shape index (κ2) is 9.45. The van der Waals surface area contributed by atoms with Crippen LogP contribution in [0.25, 0.3) is 0 Å². The third kappa shape index (κ3) is 4.31. The Bertz CT molecular complexity index is 940. The van der Waals surface area contributed by atoms with Gasteiger partial charge >= 0.3 is 0 Å². The average molecular weight is 409 g/mol. The van der Waals surface area contributed by atoms with E-state index in [0.717, 1.165) is 23.8 Å². The lowest BCUT2D eigenvalue weighted by atomic mass is 10.00. The average Bonchev–Trinajstić information content (AvgIpc) is 3.13. The van der Waals surface area contributed by atoms with E-state index in [4.69, 9.17) is 10.5 Å². The van der Waals surface area contributed by atoms with Gasteiger partial charge in [-0.2, -0.15) is 0 Å². The van der Waals surface area contributed by atoms with Crippen LogP contribution in [0, 0.1) is 0 Å². The van der Waals surface area contributed by atoms with Crippen LogP contribution in [-0.4, -0.2) is 30.4 Å². The van der Waals surface area contributed by atoms with Crippen LogP contribution >= 0.6 is 0 Å². The molecule has 0 aromatic heterocycles. The Hall–Kier alpha value is -3.32. The summed E-state index contributed by atoms with van der Waals surface area (Å²) in [6.45, 7) is 4.51. The largest absolute Gasteiger partial charge is 0.496 e. The molecule has 0 radical (unpaired) electrons. The fourth-order valence-corrected chi connectivity index (χ4v) is 3.43. The van der Waals surface area contributed by atoms with Crippen molar-refractivity contribution >= 4 is 12.2 Å². The SMILES string of the molecule is CCC(C)N1NC(c2ccc(CNC(=O)c3ccccc3OC)cc2)C(C=O)=C1N. The lowest BCUT2D eigenvalue weighted by Crippen LogP contribution is -2.42. The Morgan fingerprint density at radius 2 is 1.97 bits per heavy atom. The highest BCUT2D eigenvalue weighted by Crippen LogP contribution is 2.30. The standard InChI is InChI=1S/C23H28N4O3/c1-4-15(2)27-22(24)19(14-28)21(26-27)17-11-9-16(10-12-17)13-25-23(29)18-7-5-6-8-20(18)30-3/h5-12,14-15,21,26H,4,13,24H2,1-3H3,(H,25,29). The first-order valence-electron chi connectivity index (χ1n) is 10.00. The number of nitrogens with zero attached hydrogens (tertiary/aromatic N) is 1. The Balaban J connectivity index is 1.68. The molecular formula is C23H28N4O3. The third-order valence-corrected chi connectivity index (χ3v) is 5.41. The van der Waals surface area contributed by atoms with Gasteiger partial charge in [0.2, 0.25) is 0 Å². The van der Waals surface area contributed by atoms with Crippen LogP contribution in [0.3, 0.4) is 0 Å². The number of hydrogen-bond acceptors (Lipinski definition) is 6. The highest BCUT2D eigenvalue weighted by Gasteiger charge is 2.32. The number of carbonyl (C=O) groups excluding carboxylic acids is 2. The number of rotatable bonds is 8. The summed E-state index contributed by atoms with van der Waals surface area (Å²) < 4.78 is 5.24. The van der Waals surface area contributed by atoms with Crippen LogP contribution in [0.1, 0.15) is 47.8 Å². The molecule has 1 heterocycles. The molecule has 2 aromatic carbocycles. The van der Waals surface area contributed by atoms with Crippen LogP contribution in [0.4, 0.5) is 0 Å². The third-order valence-electron chi connectivity index (χ3n) is 5.41. The molecule has 0 bridgehead atoms. The lowest BCUT2D eigenvalue weighted by molar-refractivity contribution is -0.105. The van der Waals surface area contributed by atoms with Gasteiger partial charge in [0.25, 0.3) is 5.91 Å². The number of nitrogens with two attached hydrogens (primary N) is 1. The van der Waals surface area contributed by atoms with Crippen LogP contribution in [0.2, 0.25) is 0 Å². The van der Waals surface area contributed by atoms with E-state index < -0.39 is 0 Å². The molecule has 7 heteroatoms. The van der Waals surface area contributed by atoms with Crippen LogP contribution in [-0.2, 0) is 11.3 Å². The molecule has 0 fully saturated rings. The summed E-state index contributed by atoms with van der Waals surface area (Å²) in [5.41, 5.74) is 12.4. The number of ether oxygens (including phenoxy) is 1. The van der Waals surface area contributed by atoms with Gasteiger partial charge in [-0.25, -0.2) is 5.43 Å². The van der Waals surface area contributed by atoms with Gasteiger partial charge in [0.05, 0.1) is 24.3 Å². The summed E-state index contributed by atoms with van der Waals surface area (Å²) in [6.07, 6.45) is 1.72. The predicted molar refractivity (Wildman–Crippen MR) is 115 cm³/mol. The normalized spacial score (nSPS) is 17.0. The van der Waals surface area contributed by atoms with Crippen LogP contribution in [0.5, 0.6) is 5.75 Å². The van der Waals surface area contributed by atoms with Crippen molar-refractivity contribution in [1.82, 2.24) is 15.8 Å². The first-order chi connectivity index (χ1) is 14.5. The number of hydrazine groups is 1. The van der Waals surface area contributed by atoms with E-state index >= 15 is 0 Å². The van der Waals surface area contributed by atoms with Crippen molar-refractivity contribution in [1.29, 1.82) is 0 Å². The first-order valence-corrected chi connectivity index (χ1v) is 10.00. The molecule has 0 spiro atoms. The molecule has 30 heavy (non-hydrogen) atoms. The maximum absolute atomic E-state index is 12.5. The molecule has 2 atom stereocenters. The minimum Gasteiger partial charge on any atom is -0.496 e. The van der Waals surface area contributed by atoms with Crippen molar-refractivity contribution in [2.24, 2.45) is 5.73 Å². The Labute approximate surface area is 176 Å². The van der Waals surface area contributed by atoms with E-state index in [9.17, 15) is 9.59 Å². The number of methoxy groups -OCH3 is 1. The Kier molecular flexibility index (Phi) is 6.74. The molecule has 4 N–H and O–H groups in total. The molecule has 0 saturated carbocycles. The zero-order valence-corrected chi connectivity index (χ0v) is 17.5. The highest BCUT2D eigenvalue weighted by atomic mass is 16.5. The number of aldehydes is 1.